The minimum Gasteiger partial charge on any atom is -0.494 e. The molecule has 0 spiro atoms. The second-order valence-corrected chi connectivity index (χ2v) is 5.98. The summed E-state index contributed by atoms with van der Waals surface area (Å²) in [7, 11) is 0. The number of nitrogens with one attached hydrogen (secondary N) is 1. The molecular formula is C17H25N3O3. The van der Waals surface area contributed by atoms with Crippen LogP contribution in [0.25, 0.3) is 0 Å². The molecule has 1 aromatic carbocycles. The van der Waals surface area contributed by atoms with E-state index in [1.165, 1.54) is 0 Å². The summed E-state index contributed by atoms with van der Waals surface area (Å²) in [6, 6.07) is 7.30. The van der Waals surface area contributed by atoms with E-state index in [1.807, 2.05) is 45.0 Å². The van der Waals surface area contributed by atoms with E-state index in [1.54, 1.807) is 9.80 Å². The highest BCUT2D eigenvalue weighted by molar-refractivity contribution is 5.96. The third kappa shape index (κ3) is 4.61. The molecule has 6 heteroatoms. The third-order valence-electron chi connectivity index (χ3n) is 3.60. The number of anilines is 1. The second kappa shape index (κ2) is 7.85. The van der Waals surface area contributed by atoms with Crippen LogP contribution in [-0.4, -0.2) is 49.6 Å². The van der Waals surface area contributed by atoms with E-state index in [4.69, 9.17) is 4.74 Å². The highest BCUT2D eigenvalue weighted by atomic mass is 16.5. The fourth-order valence-corrected chi connectivity index (χ4v) is 2.41. The van der Waals surface area contributed by atoms with Gasteiger partial charge in [0.25, 0.3) is 0 Å². The van der Waals surface area contributed by atoms with Crippen molar-refractivity contribution in [3.8, 4) is 5.75 Å². The lowest BCUT2D eigenvalue weighted by Gasteiger charge is -2.19. The zero-order valence-electron chi connectivity index (χ0n) is 14.0. The first kappa shape index (κ1) is 17.1. The Morgan fingerprint density at radius 2 is 1.96 bits per heavy atom. The largest absolute Gasteiger partial charge is 0.494 e. The molecule has 1 saturated heterocycles. The van der Waals surface area contributed by atoms with Gasteiger partial charge < -0.3 is 15.0 Å². The third-order valence-corrected chi connectivity index (χ3v) is 3.60. The Morgan fingerprint density at radius 1 is 1.26 bits per heavy atom. The minimum atomic E-state index is -0.131. The molecule has 0 unspecified atom stereocenters. The summed E-state index contributed by atoms with van der Waals surface area (Å²) in [5, 5.41) is 2.84. The molecule has 6 nitrogen and oxygen atoms in total. The number of nitrogens with zero attached hydrogens (tertiary/aromatic N) is 2. The topological polar surface area (TPSA) is 61.9 Å². The van der Waals surface area contributed by atoms with Crippen LogP contribution in [0.3, 0.4) is 0 Å². The normalized spacial score (nSPS) is 14.5. The Kier molecular flexibility index (Phi) is 5.84. The van der Waals surface area contributed by atoms with Crippen LogP contribution in [-0.2, 0) is 4.79 Å². The van der Waals surface area contributed by atoms with Gasteiger partial charge in [-0.3, -0.25) is 9.69 Å². The summed E-state index contributed by atoms with van der Waals surface area (Å²) in [6.45, 7) is 8.50. The summed E-state index contributed by atoms with van der Waals surface area (Å²) in [5.41, 5.74) is 0.823. The van der Waals surface area contributed by atoms with Crippen molar-refractivity contribution in [2.45, 2.75) is 20.8 Å². The minimum absolute atomic E-state index is 0.110. The smallest absolute Gasteiger partial charge is 0.325 e. The number of carbonyl (C=O) groups is 2. The number of ether oxygens (including phenoxy) is 1. The Hall–Kier alpha value is -2.24. The molecule has 1 heterocycles. The van der Waals surface area contributed by atoms with Crippen molar-refractivity contribution < 1.29 is 14.3 Å². The molecule has 0 aliphatic carbocycles. The van der Waals surface area contributed by atoms with E-state index in [0.717, 1.165) is 11.4 Å². The molecule has 0 bridgehead atoms. The van der Waals surface area contributed by atoms with Gasteiger partial charge in [0.05, 0.1) is 6.61 Å². The van der Waals surface area contributed by atoms with Gasteiger partial charge in [-0.1, -0.05) is 13.8 Å². The Morgan fingerprint density at radius 3 is 2.57 bits per heavy atom. The van der Waals surface area contributed by atoms with Crippen molar-refractivity contribution >= 4 is 17.6 Å². The van der Waals surface area contributed by atoms with E-state index in [0.29, 0.717) is 32.2 Å². The van der Waals surface area contributed by atoms with Crippen LogP contribution in [0.15, 0.2) is 24.3 Å². The number of benzene rings is 1. The Balaban J connectivity index is 1.91. The van der Waals surface area contributed by atoms with Crippen molar-refractivity contribution in [2.75, 3.05) is 37.7 Å². The highest BCUT2D eigenvalue weighted by Crippen LogP contribution is 2.23. The average Bonchev–Trinajstić information content (AvgIpc) is 2.87. The predicted octanol–water partition coefficient (Wildman–Crippen LogP) is 2.10. The van der Waals surface area contributed by atoms with E-state index >= 15 is 0 Å². The van der Waals surface area contributed by atoms with Crippen LogP contribution in [0.4, 0.5) is 10.5 Å². The Labute approximate surface area is 137 Å². The first-order valence-electron chi connectivity index (χ1n) is 8.07. The molecule has 23 heavy (non-hydrogen) atoms. The molecule has 0 saturated carbocycles. The maximum absolute atomic E-state index is 12.4. The number of carbonyl (C=O) groups excluding carboxylic acids is 2. The first-order valence-corrected chi connectivity index (χ1v) is 8.07. The molecule has 1 N–H and O–H groups in total. The molecule has 1 aromatic rings. The fourth-order valence-electron chi connectivity index (χ4n) is 2.41. The predicted molar refractivity (Wildman–Crippen MR) is 89.8 cm³/mol. The van der Waals surface area contributed by atoms with E-state index in [-0.39, 0.29) is 18.5 Å². The van der Waals surface area contributed by atoms with Gasteiger partial charge in [0.15, 0.2) is 0 Å². The van der Waals surface area contributed by atoms with Crippen molar-refractivity contribution in [3.63, 3.8) is 0 Å². The summed E-state index contributed by atoms with van der Waals surface area (Å²) in [4.78, 5) is 27.6. The number of amides is 3. The number of hydrogen-bond donors (Lipinski definition) is 1. The van der Waals surface area contributed by atoms with Crippen LogP contribution in [0, 0.1) is 5.92 Å². The summed E-state index contributed by atoms with van der Waals surface area (Å²) in [6.07, 6.45) is 0. The molecule has 3 amide bonds. The highest BCUT2D eigenvalue weighted by Gasteiger charge is 2.30. The van der Waals surface area contributed by atoms with Gasteiger partial charge in [0.2, 0.25) is 5.91 Å². The van der Waals surface area contributed by atoms with Crippen LogP contribution in [0.2, 0.25) is 0 Å². The molecule has 1 aliphatic rings. The fraction of sp³-hybridized carbons (Fsp3) is 0.529. The van der Waals surface area contributed by atoms with Gasteiger partial charge in [-0.15, -0.1) is 0 Å². The van der Waals surface area contributed by atoms with Gasteiger partial charge in [-0.25, -0.2) is 4.79 Å². The number of rotatable bonds is 7. The lowest BCUT2D eigenvalue weighted by Crippen LogP contribution is -2.40. The van der Waals surface area contributed by atoms with Crippen molar-refractivity contribution in [1.82, 2.24) is 10.2 Å². The molecule has 0 aromatic heterocycles. The molecule has 1 fully saturated rings. The van der Waals surface area contributed by atoms with Crippen LogP contribution >= 0.6 is 0 Å². The Bertz CT molecular complexity index is 543. The average molecular weight is 319 g/mol. The van der Waals surface area contributed by atoms with Gasteiger partial charge in [-0.05, 0) is 37.1 Å². The molecule has 126 valence electrons. The summed E-state index contributed by atoms with van der Waals surface area (Å²) in [5.74, 6) is 1.07. The molecule has 0 radical (unpaired) electrons. The SMILES string of the molecule is CCOc1ccc(N2CCN(CC(=O)NCC(C)C)C2=O)cc1. The van der Waals surface area contributed by atoms with Crippen molar-refractivity contribution in [1.29, 1.82) is 0 Å². The van der Waals surface area contributed by atoms with Gasteiger partial charge in [0, 0.05) is 25.3 Å². The van der Waals surface area contributed by atoms with Crippen LogP contribution in [0.5, 0.6) is 5.75 Å². The second-order valence-electron chi connectivity index (χ2n) is 5.98. The van der Waals surface area contributed by atoms with Crippen molar-refractivity contribution in [3.05, 3.63) is 24.3 Å². The van der Waals surface area contributed by atoms with Crippen LogP contribution < -0.4 is 15.0 Å². The maximum atomic E-state index is 12.4. The molecule has 1 aliphatic heterocycles. The molecule has 0 atom stereocenters. The molecular weight excluding hydrogens is 294 g/mol. The van der Waals surface area contributed by atoms with Gasteiger partial charge in [-0.2, -0.15) is 0 Å². The zero-order valence-corrected chi connectivity index (χ0v) is 14.0. The number of urea groups is 1. The first-order chi connectivity index (χ1) is 11.0. The maximum Gasteiger partial charge on any atom is 0.325 e. The lowest BCUT2D eigenvalue weighted by molar-refractivity contribution is -0.121. The number of hydrogen-bond acceptors (Lipinski definition) is 3. The summed E-state index contributed by atoms with van der Waals surface area (Å²) >= 11 is 0. The molecule has 2 rings (SSSR count). The lowest BCUT2D eigenvalue weighted by atomic mass is 10.2. The van der Waals surface area contributed by atoms with Gasteiger partial charge in [0.1, 0.15) is 12.3 Å². The van der Waals surface area contributed by atoms with Crippen molar-refractivity contribution in [2.24, 2.45) is 5.92 Å². The van der Waals surface area contributed by atoms with E-state index in [2.05, 4.69) is 5.32 Å². The quantitative estimate of drug-likeness (QED) is 0.837. The van der Waals surface area contributed by atoms with Gasteiger partial charge >= 0.3 is 6.03 Å². The standard InChI is InChI=1S/C17H25N3O3/c1-4-23-15-7-5-14(6-8-15)20-10-9-19(17(20)22)12-16(21)18-11-13(2)3/h5-8,13H,4,9-12H2,1-3H3,(H,18,21). The summed E-state index contributed by atoms with van der Waals surface area (Å²) < 4.78 is 5.40. The van der Waals surface area contributed by atoms with E-state index < -0.39 is 0 Å². The monoisotopic (exact) mass is 319 g/mol. The zero-order chi connectivity index (χ0) is 16.8. The van der Waals surface area contributed by atoms with E-state index in [9.17, 15) is 9.59 Å². The van der Waals surface area contributed by atoms with Crippen LogP contribution in [0.1, 0.15) is 20.8 Å².